The number of aryl methyl sites for hydroxylation is 3. The van der Waals surface area contributed by atoms with Gasteiger partial charge in [0, 0.05) is 23.3 Å². The van der Waals surface area contributed by atoms with Crippen molar-refractivity contribution in [2.75, 3.05) is 0 Å². The summed E-state index contributed by atoms with van der Waals surface area (Å²) in [6.07, 6.45) is 9.64. The Morgan fingerprint density at radius 1 is 0.929 bits per heavy atom. The van der Waals surface area contributed by atoms with E-state index in [2.05, 4.69) is 67.6 Å². The number of aromatic nitrogens is 2. The van der Waals surface area contributed by atoms with Crippen molar-refractivity contribution in [2.45, 2.75) is 59.0 Å². The van der Waals surface area contributed by atoms with Gasteiger partial charge < -0.3 is 9.72 Å². The van der Waals surface area contributed by atoms with Crippen molar-refractivity contribution in [1.29, 1.82) is 0 Å². The highest BCUT2D eigenvalue weighted by atomic mass is 19.1. The summed E-state index contributed by atoms with van der Waals surface area (Å²) < 4.78 is 20.5. The Kier molecular flexibility index (Phi) is 7.75. The largest absolute Gasteiger partial charge is 0.490 e. The molecule has 0 atom stereocenters. The number of aromatic amines is 1. The number of rotatable bonds is 7. The molecule has 0 amide bonds. The van der Waals surface area contributed by atoms with Crippen LogP contribution in [0.25, 0.3) is 33.3 Å². The molecule has 2 heterocycles. The van der Waals surface area contributed by atoms with Crippen molar-refractivity contribution in [3.8, 4) is 28.0 Å². The lowest BCUT2D eigenvalue weighted by Crippen LogP contribution is -2.19. The molecule has 1 N–H and O–H groups in total. The molecule has 42 heavy (non-hydrogen) atoms. The van der Waals surface area contributed by atoms with Gasteiger partial charge in [-0.1, -0.05) is 37.3 Å². The lowest BCUT2D eigenvalue weighted by atomic mass is 9.91. The number of hydrogen-bond donors (Lipinski definition) is 1. The number of pyridine rings is 1. The Labute approximate surface area is 247 Å². The van der Waals surface area contributed by atoms with Crippen LogP contribution in [0.15, 0.2) is 90.7 Å². The zero-order valence-electron chi connectivity index (χ0n) is 24.5. The molecule has 0 bridgehead atoms. The Balaban J connectivity index is 1.42. The third-order valence-electron chi connectivity index (χ3n) is 8.19. The molecular formula is C37H36FN3O. The van der Waals surface area contributed by atoms with Crippen molar-refractivity contribution in [2.24, 2.45) is 4.99 Å². The maximum atomic E-state index is 14.1. The number of nitrogens with one attached hydrogen (secondary N) is 1. The molecule has 5 heteroatoms. The number of aliphatic imine (C=N–C) groups is 1. The monoisotopic (exact) mass is 557 g/mol. The smallest absolute Gasteiger partial charge is 0.138 e. The Hall–Kier alpha value is -4.51. The molecule has 2 aromatic heterocycles. The van der Waals surface area contributed by atoms with Crippen LogP contribution in [0.3, 0.4) is 0 Å². The number of fused-ring (bicyclic) bond motifs is 1. The molecule has 0 saturated heterocycles. The molecule has 3 aromatic carbocycles. The highest BCUT2D eigenvalue weighted by molar-refractivity contribution is 6.16. The Morgan fingerprint density at radius 2 is 1.76 bits per heavy atom. The Bertz CT molecular complexity index is 1810. The number of benzene rings is 3. The first-order chi connectivity index (χ1) is 20.4. The fraction of sp³-hybridized carbons (Fsp3) is 0.243. The normalized spacial score (nSPS) is 14.3. The van der Waals surface area contributed by atoms with Crippen LogP contribution in [0.1, 0.15) is 60.1 Å². The van der Waals surface area contributed by atoms with Crippen LogP contribution >= 0.6 is 0 Å². The molecule has 5 aromatic rings. The van der Waals surface area contributed by atoms with Crippen LogP contribution < -0.4 is 4.74 Å². The van der Waals surface area contributed by atoms with E-state index in [4.69, 9.17) is 9.73 Å². The van der Waals surface area contributed by atoms with E-state index in [1.54, 1.807) is 24.5 Å². The van der Waals surface area contributed by atoms with Crippen molar-refractivity contribution in [3.05, 3.63) is 119 Å². The fourth-order valence-electron chi connectivity index (χ4n) is 6.20. The quantitative estimate of drug-likeness (QED) is 0.203. The van der Waals surface area contributed by atoms with E-state index in [9.17, 15) is 4.39 Å². The minimum absolute atomic E-state index is 0.270. The summed E-state index contributed by atoms with van der Waals surface area (Å²) >= 11 is 0. The first-order valence-corrected chi connectivity index (χ1v) is 14.7. The van der Waals surface area contributed by atoms with Crippen LogP contribution in [0.2, 0.25) is 0 Å². The van der Waals surface area contributed by atoms with Gasteiger partial charge in [-0.15, -0.1) is 0 Å². The van der Waals surface area contributed by atoms with Gasteiger partial charge in [-0.2, -0.15) is 0 Å². The summed E-state index contributed by atoms with van der Waals surface area (Å²) in [5.41, 5.74) is 10.8. The van der Waals surface area contributed by atoms with Gasteiger partial charge in [0.05, 0.1) is 17.5 Å². The van der Waals surface area contributed by atoms with Gasteiger partial charge in [-0.3, -0.25) is 4.99 Å². The molecule has 1 fully saturated rings. The molecule has 0 spiro atoms. The molecule has 6 rings (SSSR count). The minimum atomic E-state index is -0.270. The lowest BCUT2D eigenvalue weighted by Gasteiger charge is -2.23. The molecule has 212 valence electrons. The lowest BCUT2D eigenvalue weighted by molar-refractivity contribution is 0.155. The van der Waals surface area contributed by atoms with Crippen LogP contribution in [-0.4, -0.2) is 21.8 Å². The van der Waals surface area contributed by atoms with Crippen molar-refractivity contribution in [1.82, 2.24) is 9.97 Å². The minimum Gasteiger partial charge on any atom is -0.490 e. The summed E-state index contributed by atoms with van der Waals surface area (Å²) in [6.45, 7) is 10.3. The van der Waals surface area contributed by atoms with Gasteiger partial charge in [0.1, 0.15) is 17.2 Å². The number of hydrogen-bond acceptors (Lipinski definition) is 3. The maximum Gasteiger partial charge on any atom is 0.138 e. The van der Waals surface area contributed by atoms with Crippen molar-refractivity contribution in [3.63, 3.8) is 0 Å². The number of halogens is 1. The molecule has 0 radical (unpaired) electrons. The fourth-order valence-corrected chi connectivity index (χ4v) is 6.20. The van der Waals surface area contributed by atoms with Crippen LogP contribution in [-0.2, 0) is 0 Å². The van der Waals surface area contributed by atoms with E-state index < -0.39 is 0 Å². The summed E-state index contributed by atoms with van der Waals surface area (Å²) in [5, 5.41) is 0.906. The topological polar surface area (TPSA) is 50.3 Å². The number of ether oxygens (including phenoxy) is 1. The highest BCUT2D eigenvalue weighted by Gasteiger charge is 2.19. The summed E-state index contributed by atoms with van der Waals surface area (Å²) in [5.74, 6) is 0.665. The van der Waals surface area contributed by atoms with Gasteiger partial charge in [-0.25, -0.2) is 9.37 Å². The SMILES string of the molecule is C=CN=C(c1cc2c(-c3cccc(F)c3)ccnc2[nH]1)c1cc(-c2cc(C)cc(OC3CCCCC3)c2)c(C)cc1C. The average molecular weight is 558 g/mol. The van der Waals surface area contributed by atoms with Crippen LogP contribution in [0.4, 0.5) is 4.39 Å². The van der Waals surface area contributed by atoms with Crippen molar-refractivity contribution >= 4 is 16.7 Å². The molecule has 1 aliphatic rings. The Morgan fingerprint density at radius 3 is 2.55 bits per heavy atom. The number of nitrogens with zero attached hydrogens (tertiary/aromatic N) is 2. The molecule has 4 nitrogen and oxygen atoms in total. The third-order valence-corrected chi connectivity index (χ3v) is 8.19. The summed E-state index contributed by atoms with van der Waals surface area (Å²) in [7, 11) is 0. The zero-order valence-corrected chi connectivity index (χ0v) is 24.5. The molecule has 1 saturated carbocycles. The van der Waals surface area contributed by atoms with E-state index in [1.165, 1.54) is 36.5 Å². The van der Waals surface area contributed by atoms with Gasteiger partial charge >= 0.3 is 0 Å². The summed E-state index contributed by atoms with van der Waals surface area (Å²) in [6, 6.07) is 21.6. The molecule has 1 aliphatic carbocycles. The predicted molar refractivity (Wildman–Crippen MR) is 171 cm³/mol. The van der Waals surface area contributed by atoms with E-state index in [0.29, 0.717) is 6.10 Å². The van der Waals surface area contributed by atoms with E-state index in [1.807, 2.05) is 18.2 Å². The first-order valence-electron chi connectivity index (χ1n) is 14.7. The first kappa shape index (κ1) is 27.6. The molecule has 0 aliphatic heterocycles. The zero-order chi connectivity index (χ0) is 29.2. The van der Waals surface area contributed by atoms with Crippen LogP contribution in [0.5, 0.6) is 5.75 Å². The van der Waals surface area contributed by atoms with E-state index in [-0.39, 0.29) is 5.82 Å². The maximum absolute atomic E-state index is 14.1. The molecule has 0 unspecified atom stereocenters. The second kappa shape index (κ2) is 11.8. The third kappa shape index (κ3) is 5.64. The van der Waals surface area contributed by atoms with Gasteiger partial charge in [-0.05, 0) is 128 Å². The van der Waals surface area contributed by atoms with Gasteiger partial charge in [0.15, 0.2) is 0 Å². The average Bonchev–Trinajstić information content (AvgIpc) is 3.41. The van der Waals surface area contributed by atoms with E-state index in [0.717, 1.165) is 74.4 Å². The van der Waals surface area contributed by atoms with Gasteiger partial charge in [0.2, 0.25) is 0 Å². The standard InChI is InChI=1S/C37H36FN3O/c1-5-39-36(35-22-34-31(14-15-40-37(34)41-35)26-10-9-11-28(38)19-26)33-21-32(24(3)18-25(33)4)27-16-23(2)17-30(20-27)42-29-12-7-6-8-13-29/h5,9-11,14-22,29H,1,6-8,12-13H2,2-4H3,(H,40,41). The van der Waals surface area contributed by atoms with Crippen molar-refractivity contribution < 1.29 is 9.13 Å². The highest BCUT2D eigenvalue weighted by Crippen LogP contribution is 2.34. The molecular weight excluding hydrogens is 521 g/mol. The van der Waals surface area contributed by atoms with E-state index >= 15 is 0 Å². The predicted octanol–water partition coefficient (Wildman–Crippen LogP) is 9.65. The summed E-state index contributed by atoms with van der Waals surface area (Å²) in [4.78, 5) is 12.8. The van der Waals surface area contributed by atoms with Gasteiger partial charge in [0.25, 0.3) is 0 Å². The number of H-pyrrole nitrogens is 1. The second-order valence-electron chi connectivity index (χ2n) is 11.4. The second-order valence-corrected chi connectivity index (χ2v) is 11.4. The van der Waals surface area contributed by atoms with Crippen LogP contribution in [0, 0.1) is 26.6 Å².